The molecule has 1 aliphatic rings. The quantitative estimate of drug-likeness (QED) is 0.502. The Kier molecular flexibility index (Phi) is 5.50. The summed E-state index contributed by atoms with van der Waals surface area (Å²) < 4.78 is 8.56. The smallest absolute Gasteiger partial charge is 0.284 e. The summed E-state index contributed by atoms with van der Waals surface area (Å²) in [5.74, 6) is 1.81. The number of ether oxygens (including phenoxy) is 1. The fourth-order valence-electron chi connectivity index (χ4n) is 3.72. The van der Waals surface area contributed by atoms with Crippen LogP contribution in [0.2, 0.25) is 5.02 Å². The van der Waals surface area contributed by atoms with Crippen molar-refractivity contribution in [3.63, 3.8) is 0 Å². The third kappa shape index (κ3) is 3.37. The van der Waals surface area contributed by atoms with Crippen LogP contribution in [0.25, 0.3) is 11.2 Å². The highest BCUT2D eigenvalue weighted by atomic mass is 35.5. The number of aromatic nitrogens is 5. The second-order valence-electron chi connectivity index (χ2n) is 6.91. The van der Waals surface area contributed by atoms with Gasteiger partial charge in [0.1, 0.15) is 5.52 Å². The third-order valence-electron chi connectivity index (χ3n) is 5.24. The molecule has 0 spiro atoms. The van der Waals surface area contributed by atoms with Crippen LogP contribution in [0.3, 0.4) is 0 Å². The van der Waals surface area contributed by atoms with Crippen molar-refractivity contribution in [2.75, 3.05) is 24.3 Å². The van der Waals surface area contributed by atoms with E-state index in [9.17, 15) is 4.79 Å². The number of benzene rings is 1. The maximum Gasteiger partial charge on any atom is 0.284 e. The maximum atomic E-state index is 13.4. The summed E-state index contributed by atoms with van der Waals surface area (Å²) in [4.78, 5) is 23.8. The van der Waals surface area contributed by atoms with E-state index < -0.39 is 0 Å². The Morgan fingerprint density at radius 1 is 1.23 bits per heavy atom. The molecule has 1 saturated heterocycles. The second kappa shape index (κ2) is 8.12. The number of anilines is 2. The van der Waals surface area contributed by atoms with Crippen LogP contribution in [0.1, 0.15) is 18.3 Å². The predicted molar refractivity (Wildman–Crippen MR) is 124 cm³/mol. The monoisotopic (exact) mass is 457 g/mol. The highest BCUT2D eigenvalue weighted by molar-refractivity contribution is 7.59. The first-order valence-corrected chi connectivity index (χ1v) is 9.74. The van der Waals surface area contributed by atoms with Gasteiger partial charge in [0.25, 0.3) is 5.56 Å². The van der Waals surface area contributed by atoms with E-state index in [1.165, 1.54) is 4.52 Å². The summed E-state index contributed by atoms with van der Waals surface area (Å²) in [5, 5.41) is 5.11. The summed E-state index contributed by atoms with van der Waals surface area (Å²) in [6.45, 7) is 0.715. The number of fused-ring (bicyclic) bond motifs is 1. The first-order chi connectivity index (χ1) is 14.6. The highest BCUT2D eigenvalue weighted by Crippen LogP contribution is 2.40. The van der Waals surface area contributed by atoms with Crippen LogP contribution < -0.4 is 20.9 Å². The fraction of sp³-hybridized carbons (Fsp3) is 0.200. The van der Waals surface area contributed by atoms with Crippen LogP contribution >= 0.6 is 25.1 Å². The number of para-hydroxylation sites is 1. The van der Waals surface area contributed by atoms with Gasteiger partial charge in [-0.3, -0.25) is 9.36 Å². The molecule has 3 aromatic heterocycles. The Morgan fingerprint density at radius 3 is 2.68 bits per heavy atom. The van der Waals surface area contributed by atoms with Gasteiger partial charge in [-0.05, 0) is 24.6 Å². The van der Waals surface area contributed by atoms with Crippen molar-refractivity contribution < 1.29 is 4.74 Å². The number of nitrogens with two attached hydrogens (primary N) is 1. The molecule has 31 heavy (non-hydrogen) atoms. The standard InChI is InChI=1S/C20H18ClN7O2.H2S/c1-30-15-11-23-20(22)24-18(15)26-9-8-14(26)17-25-27-10-7-13(21)16(27)19(29)28(17)12-5-3-2-4-6-12;/h2-7,10-11,14H,8-9H2,1H3,(H2,22,23,24);1H2/t14-;/m0./s1. The first-order valence-electron chi connectivity index (χ1n) is 9.37. The molecule has 1 aromatic carbocycles. The minimum absolute atomic E-state index is 0. The number of rotatable bonds is 4. The SMILES string of the molecule is COc1cnc(N)nc1N1CC[C@H]1c1nn2ccc(Cl)c2c(=O)n1-c1ccccc1.S. The Labute approximate surface area is 189 Å². The molecule has 1 fully saturated rings. The van der Waals surface area contributed by atoms with Crippen LogP contribution in [0.15, 0.2) is 53.6 Å². The van der Waals surface area contributed by atoms with E-state index in [2.05, 4.69) is 9.97 Å². The van der Waals surface area contributed by atoms with Crippen LogP contribution in [0, 0.1) is 0 Å². The number of nitrogens with zero attached hydrogens (tertiary/aromatic N) is 6. The Balaban J connectivity index is 0.00000231. The largest absolute Gasteiger partial charge is 0.491 e. The molecule has 9 nitrogen and oxygen atoms in total. The van der Waals surface area contributed by atoms with Gasteiger partial charge in [0.15, 0.2) is 17.4 Å². The molecule has 2 N–H and O–H groups in total. The van der Waals surface area contributed by atoms with Gasteiger partial charge in [-0.2, -0.15) is 23.6 Å². The molecular weight excluding hydrogens is 438 g/mol. The van der Waals surface area contributed by atoms with Crippen LogP contribution in [-0.4, -0.2) is 37.8 Å². The topological polar surface area (TPSA) is 104 Å². The van der Waals surface area contributed by atoms with Crippen molar-refractivity contribution in [3.8, 4) is 11.4 Å². The van der Waals surface area contributed by atoms with Crippen molar-refractivity contribution in [2.24, 2.45) is 0 Å². The lowest BCUT2D eigenvalue weighted by Crippen LogP contribution is -2.45. The van der Waals surface area contributed by atoms with Crippen LogP contribution in [0.5, 0.6) is 5.75 Å². The first kappa shape index (κ1) is 21.0. The number of hydrogen-bond acceptors (Lipinski definition) is 7. The second-order valence-corrected chi connectivity index (χ2v) is 7.32. The van der Waals surface area contributed by atoms with Gasteiger partial charge in [-0.15, -0.1) is 0 Å². The Bertz CT molecular complexity index is 1310. The number of halogens is 1. The van der Waals surface area contributed by atoms with E-state index in [0.717, 1.165) is 6.42 Å². The zero-order chi connectivity index (χ0) is 20.8. The minimum Gasteiger partial charge on any atom is -0.491 e. The summed E-state index contributed by atoms with van der Waals surface area (Å²) in [5.41, 5.74) is 6.62. The van der Waals surface area contributed by atoms with Crippen molar-refractivity contribution in [1.29, 1.82) is 0 Å². The van der Waals surface area contributed by atoms with E-state index in [4.69, 9.17) is 27.2 Å². The van der Waals surface area contributed by atoms with E-state index in [0.29, 0.717) is 40.2 Å². The fourth-order valence-corrected chi connectivity index (χ4v) is 3.95. The molecule has 0 aliphatic carbocycles. The molecule has 4 aromatic rings. The molecule has 11 heteroatoms. The van der Waals surface area contributed by atoms with E-state index in [1.54, 1.807) is 30.1 Å². The van der Waals surface area contributed by atoms with Gasteiger partial charge in [0, 0.05) is 12.7 Å². The van der Waals surface area contributed by atoms with Crippen molar-refractivity contribution >= 4 is 42.4 Å². The molecule has 0 unspecified atom stereocenters. The van der Waals surface area contributed by atoms with Crippen molar-refractivity contribution in [2.45, 2.75) is 12.5 Å². The molecule has 160 valence electrons. The van der Waals surface area contributed by atoms with Gasteiger partial charge in [0.05, 0.1) is 30.1 Å². The molecule has 4 heterocycles. The summed E-state index contributed by atoms with van der Waals surface area (Å²) >= 11 is 6.27. The minimum atomic E-state index is -0.234. The molecule has 0 radical (unpaired) electrons. The molecule has 0 bridgehead atoms. The van der Waals surface area contributed by atoms with Crippen LogP contribution in [-0.2, 0) is 0 Å². The summed E-state index contributed by atoms with van der Waals surface area (Å²) in [6, 6.07) is 10.8. The zero-order valence-corrected chi connectivity index (χ0v) is 18.3. The normalized spacial score (nSPS) is 15.4. The average molecular weight is 458 g/mol. The van der Waals surface area contributed by atoms with E-state index >= 15 is 0 Å². The number of hydrogen-bond donors (Lipinski definition) is 1. The molecule has 0 amide bonds. The molecule has 5 rings (SSSR count). The summed E-state index contributed by atoms with van der Waals surface area (Å²) in [6.07, 6.45) is 4.01. The lowest BCUT2D eigenvalue weighted by molar-refractivity contribution is 0.386. The van der Waals surface area contributed by atoms with Gasteiger partial charge in [0.2, 0.25) is 5.95 Å². The number of nitrogen functional groups attached to an aromatic ring is 1. The zero-order valence-electron chi connectivity index (χ0n) is 16.6. The highest BCUT2D eigenvalue weighted by Gasteiger charge is 2.37. The molecule has 1 aliphatic heterocycles. The van der Waals surface area contributed by atoms with Crippen LogP contribution in [0.4, 0.5) is 11.8 Å². The van der Waals surface area contributed by atoms with Gasteiger partial charge < -0.3 is 15.4 Å². The molecular formula is C20H20ClN7O2S. The van der Waals surface area contributed by atoms with Crippen molar-refractivity contribution in [1.82, 2.24) is 24.1 Å². The third-order valence-corrected chi connectivity index (χ3v) is 5.55. The van der Waals surface area contributed by atoms with E-state index in [-0.39, 0.29) is 31.0 Å². The van der Waals surface area contributed by atoms with Gasteiger partial charge >= 0.3 is 0 Å². The van der Waals surface area contributed by atoms with Gasteiger partial charge in [-0.25, -0.2) is 9.50 Å². The lowest BCUT2D eigenvalue weighted by atomic mass is 10.0. The average Bonchev–Trinajstić information content (AvgIpc) is 3.09. The molecule has 1 atom stereocenters. The summed E-state index contributed by atoms with van der Waals surface area (Å²) in [7, 11) is 1.55. The van der Waals surface area contributed by atoms with Crippen molar-refractivity contribution in [3.05, 3.63) is 70.0 Å². The lowest BCUT2D eigenvalue weighted by Gasteiger charge is -2.42. The molecule has 0 saturated carbocycles. The van der Waals surface area contributed by atoms with E-state index in [1.807, 2.05) is 35.2 Å². The Morgan fingerprint density at radius 2 is 2.00 bits per heavy atom. The maximum absolute atomic E-state index is 13.4. The number of methoxy groups -OCH3 is 1. The Hall–Kier alpha value is -3.24. The predicted octanol–water partition coefficient (Wildman–Crippen LogP) is 2.58. The van der Waals surface area contributed by atoms with Gasteiger partial charge in [-0.1, -0.05) is 29.8 Å².